The minimum atomic E-state index is -0.454. The normalized spacial score (nSPS) is 12.4. The Bertz CT molecular complexity index is 1370. The average molecular weight is 576 g/mol. The fourth-order valence-electron chi connectivity index (χ4n) is 3.95. The summed E-state index contributed by atoms with van der Waals surface area (Å²) in [5, 5.41) is 13.0. The molecule has 0 fully saturated rings. The van der Waals surface area contributed by atoms with Gasteiger partial charge in [0.15, 0.2) is 5.82 Å². The van der Waals surface area contributed by atoms with Crippen molar-refractivity contribution in [3.63, 3.8) is 0 Å². The van der Waals surface area contributed by atoms with Gasteiger partial charge in [-0.1, -0.05) is 23.4 Å². The summed E-state index contributed by atoms with van der Waals surface area (Å²) >= 11 is 8.58. The lowest BCUT2D eigenvalue weighted by atomic mass is 9.94. The van der Waals surface area contributed by atoms with Crippen LogP contribution in [0.25, 0.3) is 0 Å². The molecule has 0 saturated carbocycles. The molecule has 0 radical (unpaired) electrons. The summed E-state index contributed by atoms with van der Waals surface area (Å²) in [5.74, 6) is -1.08. The first-order valence-electron chi connectivity index (χ1n) is 11.8. The molecule has 1 aromatic carbocycles. The largest absolute Gasteiger partial charge is 0.318 e. The van der Waals surface area contributed by atoms with Crippen LogP contribution >= 0.6 is 34.7 Å². The molecule has 200 valence electrons. The van der Waals surface area contributed by atoms with Crippen LogP contribution in [0.1, 0.15) is 58.9 Å². The van der Waals surface area contributed by atoms with Crippen LogP contribution in [-0.2, 0) is 33.6 Å². The van der Waals surface area contributed by atoms with Crippen LogP contribution in [0.3, 0.4) is 0 Å². The van der Waals surface area contributed by atoms with Gasteiger partial charge >= 0.3 is 0 Å². The number of thiophene rings is 1. The molecule has 0 unspecified atom stereocenters. The maximum absolute atomic E-state index is 13.1. The number of carbonyl (C=O) groups excluding carboxylic acids is 4. The summed E-state index contributed by atoms with van der Waals surface area (Å²) in [5.41, 5.74) is 9.88. The maximum atomic E-state index is 13.1. The van der Waals surface area contributed by atoms with Gasteiger partial charge in [-0.05, 0) is 61.1 Å². The third kappa shape index (κ3) is 6.91. The maximum Gasteiger partial charge on any atom is 0.270 e. The Morgan fingerprint density at radius 1 is 1.03 bits per heavy atom. The molecular formula is C24H26ClN7O4S2. The van der Waals surface area contributed by atoms with Crippen LogP contribution in [0.2, 0.25) is 5.02 Å². The van der Waals surface area contributed by atoms with E-state index in [0.717, 1.165) is 48.0 Å². The van der Waals surface area contributed by atoms with Crippen molar-refractivity contribution in [3.05, 3.63) is 56.7 Å². The lowest BCUT2D eigenvalue weighted by Gasteiger charge is -2.15. The van der Waals surface area contributed by atoms with E-state index in [1.54, 1.807) is 35.6 Å². The van der Waals surface area contributed by atoms with Gasteiger partial charge in [0.25, 0.3) is 5.91 Å². The fourth-order valence-corrected chi connectivity index (χ4v) is 6.14. The highest BCUT2D eigenvalue weighted by Gasteiger charge is 2.25. The molecule has 11 nitrogen and oxygen atoms in total. The van der Waals surface area contributed by atoms with Gasteiger partial charge in [0, 0.05) is 35.7 Å². The van der Waals surface area contributed by atoms with Gasteiger partial charge in [-0.3, -0.25) is 35.5 Å². The number of anilines is 1. The zero-order valence-corrected chi connectivity index (χ0v) is 23.1. The molecule has 38 heavy (non-hydrogen) atoms. The molecule has 0 saturated heterocycles. The van der Waals surface area contributed by atoms with E-state index < -0.39 is 17.7 Å². The predicted molar refractivity (Wildman–Crippen MR) is 146 cm³/mol. The Hall–Kier alpha value is -3.42. The first-order valence-corrected chi connectivity index (χ1v) is 14.0. The van der Waals surface area contributed by atoms with Crippen molar-refractivity contribution in [1.82, 2.24) is 25.7 Å². The van der Waals surface area contributed by atoms with E-state index in [1.165, 1.54) is 29.0 Å². The number of hydrogen-bond acceptors (Lipinski definition) is 8. The Kier molecular flexibility index (Phi) is 9.02. The number of carbonyl (C=O) groups is 4. The number of benzene rings is 1. The topological polar surface area (TPSA) is 147 Å². The van der Waals surface area contributed by atoms with Crippen LogP contribution in [0.5, 0.6) is 0 Å². The number of nitrogens with one attached hydrogen (secondary N) is 4. The number of aryl methyl sites for hydroxylation is 1. The molecule has 4 amide bonds. The molecule has 0 aliphatic heterocycles. The van der Waals surface area contributed by atoms with Crippen molar-refractivity contribution >= 4 is 63.3 Å². The van der Waals surface area contributed by atoms with E-state index >= 15 is 0 Å². The molecule has 4 rings (SSSR count). The van der Waals surface area contributed by atoms with Crippen molar-refractivity contribution < 1.29 is 19.2 Å². The van der Waals surface area contributed by atoms with Gasteiger partial charge < -0.3 is 5.32 Å². The van der Waals surface area contributed by atoms with Crippen LogP contribution < -0.4 is 21.6 Å². The smallest absolute Gasteiger partial charge is 0.270 e. The number of amides is 4. The second kappa shape index (κ2) is 12.4. The molecule has 14 heteroatoms. The lowest BCUT2D eigenvalue weighted by molar-refractivity contribution is -0.126. The monoisotopic (exact) mass is 575 g/mol. The highest BCUT2D eigenvalue weighted by molar-refractivity contribution is 7.99. The van der Waals surface area contributed by atoms with E-state index in [-0.39, 0.29) is 16.8 Å². The Balaban J connectivity index is 1.64. The third-order valence-electron chi connectivity index (χ3n) is 5.64. The molecule has 1 aliphatic rings. The molecule has 4 N–H and O–H groups in total. The molecule has 2 heterocycles. The zero-order valence-electron chi connectivity index (χ0n) is 20.7. The summed E-state index contributed by atoms with van der Waals surface area (Å²) < 4.78 is 1.46. The van der Waals surface area contributed by atoms with E-state index in [1.807, 2.05) is 0 Å². The average Bonchev–Trinajstić information content (AvgIpc) is 3.42. The SMILES string of the molecule is CC(=O)NNC(=O)CSc1nnc(Cc2c(NC(C)=O)sc3c2CCCC3)n1NC(=O)c1ccc(Cl)cc1. The molecule has 1 aliphatic carbocycles. The Morgan fingerprint density at radius 2 is 1.76 bits per heavy atom. The molecule has 2 aromatic heterocycles. The van der Waals surface area contributed by atoms with Gasteiger partial charge in [-0.2, -0.15) is 0 Å². The number of halogens is 1. The third-order valence-corrected chi connectivity index (χ3v) is 8.07. The van der Waals surface area contributed by atoms with Crippen LogP contribution in [0, 0.1) is 0 Å². The minimum absolute atomic E-state index is 0.0831. The van der Waals surface area contributed by atoms with Gasteiger partial charge in [0.2, 0.25) is 22.9 Å². The molecule has 0 spiro atoms. The second-order valence-electron chi connectivity index (χ2n) is 8.58. The van der Waals surface area contributed by atoms with Crippen LogP contribution in [-0.4, -0.2) is 44.3 Å². The molecule has 0 bridgehead atoms. The van der Waals surface area contributed by atoms with Gasteiger partial charge in [-0.25, -0.2) is 4.68 Å². The highest BCUT2D eigenvalue weighted by atomic mass is 35.5. The molecular weight excluding hydrogens is 550 g/mol. The first kappa shape index (κ1) is 27.6. The number of nitrogens with zero attached hydrogens (tertiary/aromatic N) is 3. The zero-order chi connectivity index (χ0) is 27.2. The quantitative estimate of drug-likeness (QED) is 0.238. The fraction of sp³-hybridized carbons (Fsp3) is 0.333. The number of aromatic nitrogens is 3. The van der Waals surface area contributed by atoms with Crippen LogP contribution in [0.4, 0.5) is 5.00 Å². The number of hydrogen-bond donors (Lipinski definition) is 4. The minimum Gasteiger partial charge on any atom is -0.318 e. The van der Waals surface area contributed by atoms with E-state index in [2.05, 4.69) is 31.8 Å². The van der Waals surface area contributed by atoms with Crippen molar-refractivity contribution in [2.45, 2.75) is 51.1 Å². The summed E-state index contributed by atoms with van der Waals surface area (Å²) in [6.07, 6.45) is 4.32. The van der Waals surface area contributed by atoms with Crippen molar-refractivity contribution in [3.8, 4) is 0 Å². The summed E-state index contributed by atoms with van der Waals surface area (Å²) in [7, 11) is 0. The Labute approximate surface area is 232 Å². The van der Waals surface area contributed by atoms with E-state index in [9.17, 15) is 19.2 Å². The predicted octanol–water partition coefficient (Wildman–Crippen LogP) is 3.06. The van der Waals surface area contributed by atoms with Crippen LogP contribution in [0.15, 0.2) is 29.4 Å². The van der Waals surface area contributed by atoms with Crippen molar-refractivity contribution in [2.75, 3.05) is 16.5 Å². The first-order chi connectivity index (χ1) is 18.2. The standard InChI is InChI=1S/C24H26ClN7O4S2/c1-13(33)26-23-18(17-5-3-4-6-19(17)38-23)11-20-28-30-24(37-12-21(35)29-27-14(2)34)32(20)31-22(36)15-7-9-16(25)10-8-15/h7-10H,3-6,11-12H2,1-2H3,(H,26,33)(H,27,34)(H,29,35)(H,31,36). The summed E-state index contributed by atoms with van der Waals surface area (Å²) in [6.45, 7) is 2.75. The Morgan fingerprint density at radius 3 is 2.47 bits per heavy atom. The summed E-state index contributed by atoms with van der Waals surface area (Å²) in [4.78, 5) is 49.4. The van der Waals surface area contributed by atoms with E-state index in [0.29, 0.717) is 22.8 Å². The van der Waals surface area contributed by atoms with Gasteiger partial charge in [0.05, 0.1) is 10.8 Å². The highest BCUT2D eigenvalue weighted by Crippen LogP contribution is 2.39. The van der Waals surface area contributed by atoms with Gasteiger partial charge in [0.1, 0.15) is 0 Å². The molecule has 0 atom stereocenters. The summed E-state index contributed by atoms with van der Waals surface area (Å²) in [6, 6.07) is 6.42. The number of hydrazine groups is 1. The van der Waals surface area contributed by atoms with E-state index in [4.69, 9.17) is 11.6 Å². The van der Waals surface area contributed by atoms with Crippen molar-refractivity contribution in [1.29, 1.82) is 0 Å². The lowest BCUT2D eigenvalue weighted by Crippen LogP contribution is -2.41. The second-order valence-corrected chi connectivity index (χ2v) is 11.1. The number of fused-ring (bicyclic) bond motifs is 1. The molecule has 3 aromatic rings. The van der Waals surface area contributed by atoms with Crippen molar-refractivity contribution in [2.24, 2.45) is 0 Å². The number of thioether (sulfide) groups is 1. The van der Waals surface area contributed by atoms with Gasteiger partial charge in [-0.15, -0.1) is 21.5 Å². The number of rotatable bonds is 8.